The van der Waals surface area contributed by atoms with Crippen LogP contribution in [0.25, 0.3) is 21.9 Å². The average molecular weight is 376 g/mol. The Bertz CT molecular complexity index is 1210. The maximum atomic E-state index is 13.1. The Labute approximate surface area is 159 Å². The van der Waals surface area contributed by atoms with Crippen molar-refractivity contribution in [1.29, 1.82) is 0 Å². The van der Waals surface area contributed by atoms with Crippen LogP contribution in [0.15, 0.2) is 65.8 Å². The highest BCUT2D eigenvalue weighted by atomic mass is 16.5. The highest BCUT2D eigenvalue weighted by Crippen LogP contribution is 2.24. The summed E-state index contributed by atoms with van der Waals surface area (Å²) in [6.45, 7) is 0. The zero-order valence-electron chi connectivity index (χ0n) is 14.9. The molecule has 0 radical (unpaired) electrons. The molecular formula is C20H16N4O4. The molecule has 0 saturated carbocycles. The Morgan fingerprint density at radius 2 is 2.04 bits per heavy atom. The Kier molecular flexibility index (Phi) is 4.36. The van der Waals surface area contributed by atoms with E-state index in [1.807, 2.05) is 6.07 Å². The quantitative estimate of drug-likeness (QED) is 0.554. The lowest BCUT2D eigenvalue weighted by atomic mass is 10.0. The number of carboxylic acid groups (broad SMARTS) is 1. The van der Waals surface area contributed by atoms with E-state index in [0.29, 0.717) is 22.1 Å². The van der Waals surface area contributed by atoms with E-state index in [2.05, 4.69) is 15.3 Å². The molecule has 8 heteroatoms. The summed E-state index contributed by atoms with van der Waals surface area (Å²) in [4.78, 5) is 25.1. The minimum Gasteiger partial charge on any atom is -0.497 e. The summed E-state index contributed by atoms with van der Waals surface area (Å²) in [5.74, 6) is -0.687. The smallest absolute Gasteiger partial charge is 0.333 e. The van der Waals surface area contributed by atoms with Crippen LogP contribution in [0.4, 0.5) is 0 Å². The van der Waals surface area contributed by atoms with Gasteiger partial charge in [0.05, 0.1) is 24.9 Å². The molecule has 2 aromatic carbocycles. The number of ether oxygens (including phenoxy) is 1. The van der Waals surface area contributed by atoms with Gasteiger partial charge >= 0.3 is 5.97 Å². The lowest BCUT2D eigenvalue weighted by Gasteiger charge is -2.16. The van der Waals surface area contributed by atoms with Gasteiger partial charge in [0, 0.05) is 17.1 Å². The maximum Gasteiger partial charge on any atom is 0.333 e. The van der Waals surface area contributed by atoms with E-state index >= 15 is 0 Å². The lowest BCUT2D eigenvalue weighted by molar-refractivity contribution is -0.139. The van der Waals surface area contributed by atoms with Crippen LogP contribution in [0.1, 0.15) is 11.6 Å². The molecule has 4 aromatic rings. The van der Waals surface area contributed by atoms with Crippen molar-refractivity contribution in [2.24, 2.45) is 0 Å². The fourth-order valence-electron chi connectivity index (χ4n) is 3.13. The summed E-state index contributed by atoms with van der Waals surface area (Å²) in [7, 11) is 1.49. The molecule has 0 aliphatic carbocycles. The van der Waals surface area contributed by atoms with Crippen molar-refractivity contribution in [2.75, 3.05) is 7.11 Å². The standard InChI is InChI=1S/C20H16N4O4/c1-28-16-4-2-3-13(7-16)18(20(26)27)24-19(25)17-8-12(15-9-21-22-10-15)5-6-14(17)11-23-24/h2-11,18H,1H3,(H,21,22)(H,26,27). The van der Waals surface area contributed by atoms with E-state index in [1.54, 1.807) is 48.8 Å². The molecule has 28 heavy (non-hydrogen) atoms. The molecule has 2 heterocycles. The number of methoxy groups -OCH3 is 1. The molecule has 2 aromatic heterocycles. The van der Waals surface area contributed by atoms with Gasteiger partial charge < -0.3 is 9.84 Å². The minimum atomic E-state index is -1.27. The minimum absolute atomic E-state index is 0.378. The van der Waals surface area contributed by atoms with E-state index in [4.69, 9.17) is 4.74 Å². The van der Waals surface area contributed by atoms with Gasteiger partial charge in [-0.1, -0.05) is 24.3 Å². The molecule has 0 bridgehead atoms. The molecule has 0 saturated heterocycles. The van der Waals surface area contributed by atoms with E-state index in [0.717, 1.165) is 15.8 Å². The van der Waals surface area contributed by atoms with Crippen molar-refractivity contribution in [3.63, 3.8) is 0 Å². The summed E-state index contributed by atoms with van der Waals surface area (Å²) in [6, 6.07) is 10.7. The number of hydrogen-bond donors (Lipinski definition) is 2. The second kappa shape index (κ2) is 6.99. The second-order valence-corrected chi connectivity index (χ2v) is 6.20. The van der Waals surface area contributed by atoms with Crippen LogP contribution in [0.2, 0.25) is 0 Å². The number of aromatic nitrogens is 4. The Balaban J connectivity index is 1.89. The van der Waals surface area contributed by atoms with Gasteiger partial charge in [0.1, 0.15) is 5.75 Å². The second-order valence-electron chi connectivity index (χ2n) is 6.20. The van der Waals surface area contributed by atoms with Gasteiger partial charge in [-0.15, -0.1) is 0 Å². The topological polar surface area (TPSA) is 110 Å². The van der Waals surface area contributed by atoms with Crippen molar-refractivity contribution in [3.05, 3.63) is 77.0 Å². The lowest BCUT2D eigenvalue weighted by Crippen LogP contribution is -2.32. The number of aromatic amines is 1. The van der Waals surface area contributed by atoms with E-state index in [-0.39, 0.29) is 0 Å². The van der Waals surface area contributed by atoms with Gasteiger partial charge in [-0.05, 0) is 29.3 Å². The van der Waals surface area contributed by atoms with Gasteiger partial charge in [-0.25, -0.2) is 9.48 Å². The molecule has 2 N–H and O–H groups in total. The zero-order chi connectivity index (χ0) is 19.7. The molecule has 140 valence electrons. The molecule has 0 aliphatic rings. The van der Waals surface area contributed by atoms with Gasteiger partial charge in [0.25, 0.3) is 5.56 Å². The molecule has 1 atom stereocenters. The van der Waals surface area contributed by atoms with Crippen molar-refractivity contribution in [1.82, 2.24) is 20.0 Å². The number of H-pyrrole nitrogens is 1. The van der Waals surface area contributed by atoms with Crippen molar-refractivity contribution in [3.8, 4) is 16.9 Å². The molecule has 1 unspecified atom stereocenters. The monoisotopic (exact) mass is 376 g/mol. The number of carboxylic acids is 1. The third-order valence-corrected chi connectivity index (χ3v) is 4.53. The first-order valence-corrected chi connectivity index (χ1v) is 8.46. The van der Waals surface area contributed by atoms with Crippen LogP contribution >= 0.6 is 0 Å². The summed E-state index contributed by atoms with van der Waals surface area (Å²) in [5.41, 5.74) is 1.53. The summed E-state index contributed by atoms with van der Waals surface area (Å²) in [5, 5.41) is 21.6. The third-order valence-electron chi connectivity index (χ3n) is 4.53. The van der Waals surface area contributed by atoms with Gasteiger partial charge in [-0.2, -0.15) is 10.2 Å². The Hall–Kier alpha value is -3.94. The SMILES string of the molecule is COc1cccc(C(C(=O)O)n2ncc3ccc(-c4cn[nH]c4)cc3c2=O)c1. The molecule has 0 spiro atoms. The molecule has 0 amide bonds. The number of rotatable bonds is 5. The molecule has 0 fully saturated rings. The first-order valence-electron chi connectivity index (χ1n) is 8.46. The molecule has 0 aliphatic heterocycles. The summed E-state index contributed by atoms with van der Waals surface area (Å²) < 4.78 is 6.15. The van der Waals surface area contributed by atoms with E-state index < -0.39 is 17.6 Å². The first-order chi connectivity index (χ1) is 13.6. The number of aliphatic carboxylic acids is 1. The number of carbonyl (C=O) groups is 1. The fraction of sp³-hybridized carbons (Fsp3) is 0.100. The largest absolute Gasteiger partial charge is 0.497 e. The highest BCUT2D eigenvalue weighted by Gasteiger charge is 2.25. The molecular weight excluding hydrogens is 360 g/mol. The number of nitrogens with zero attached hydrogens (tertiary/aromatic N) is 3. The Morgan fingerprint density at radius 3 is 2.75 bits per heavy atom. The van der Waals surface area contributed by atoms with Gasteiger partial charge in [0.2, 0.25) is 0 Å². The Morgan fingerprint density at radius 1 is 1.18 bits per heavy atom. The van der Waals surface area contributed by atoms with Crippen LogP contribution in [-0.2, 0) is 4.79 Å². The number of hydrogen-bond acceptors (Lipinski definition) is 5. The maximum absolute atomic E-state index is 13.1. The van der Waals surface area contributed by atoms with Gasteiger partial charge in [-0.3, -0.25) is 9.89 Å². The molecule has 8 nitrogen and oxygen atoms in total. The number of nitrogens with one attached hydrogen (secondary N) is 1. The predicted octanol–water partition coefficient (Wildman–Crippen LogP) is 2.47. The highest BCUT2D eigenvalue weighted by molar-refractivity contribution is 5.86. The van der Waals surface area contributed by atoms with Crippen molar-refractivity contribution < 1.29 is 14.6 Å². The van der Waals surface area contributed by atoms with Crippen LogP contribution < -0.4 is 10.3 Å². The normalized spacial score (nSPS) is 12.0. The van der Waals surface area contributed by atoms with Crippen molar-refractivity contribution in [2.45, 2.75) is 6.04 Å². The van der Waals surface area contributed by atoms with Gasteiger partial charge in [0.15, 0.2) is 6.04 Å². The number of benzene rings is 2. The van der Waals surface area contributed by atoms with Crippen LogP contribution in [0, 0.1) is 0 Å². The van der Waals surface area contributed by atoms with Crippen LogP contribution in [0.3, 0.4) is 0 Å². The zero-order valence-corrected chi connectivity index (χ0v) is 14.9. The van der Waals surface area contributed by atoms with Crippen LogP contribution in [-0.4, -0.2) is 38.2 Å². The summed E-state index contributed by atoms with van der Waals surface area (Å²) in [6.07, 6.45) is 4.86. The number of fused-ring (bicyclic) bond motifs is 1. The van der Waals surface area contributed by atoms with E-state index in [9.17, 15) is 14.7 Å². The fourth-order valence-corrected chi connectivity index (χ4v) is 3.13. The third kappa shape index (κ3) is 3.01. The molecule has 4 rings (SSSR count). The average Bonchev–Trinajstić information content (AvgIpc) is 3.24. The van der Waals surface area contributed by atoms with E-state index in [1.165, 1.54) is 13.3 Å². The predicted molar refractivity (Wildman–Crippen MR) is 102 cm³/mol. The van der Waals surface area contributed by atoms with Crippen LogP contribution in [0.5, 0.6) is 5.75 Å². The van der Waals surface area contributed by atoms with Crippen molar-refractivity contribution >= 4 is 16.7 Å². The first kappa shape index (κ1) is 17.5. The summed E-state index contributed by atoms with van der Waals surface area (Å²) >= 11 is 0.